The van der Waals surface area contributed by atoms with E-state index < -0.39 is 0 Å². The van der Waals surface area contributed by atoms with Gasteiger partial charge < -0.3 is 15.2 Å². The fourth-order valence-corrected chi connectivity index (χ4v) is 2.62. The predicted octanol–water partition coefficient (Wildman–Crippen LogP) is 2.88. The summed E-state index contributed by atoms with van der Waals surface area (Å²) in [6.45, 7) is 7.30. The molecule has 0 spiro atoms. The Hall–Kier alpha value is -2.22. The van der Waals surface area contributed by atoms with Crippen LogP contribution in [0.15, 0.2) is 40.3 Å². The van der Waals surface area contributed by atoms with Gasteiger partial charge in [0, 0.05) is 24.6 Å². The molecular formula is C18H24BrFN6. The molecule has 0 fully saturated rings. The van der Waals surface area contributed by atoms with E-state index in [0.29, 0.717) is 37.6 Å². The maximum absolute atomic E-state index is 13.8. The molecule has 0 atom stereocenters. The summed E-state index contributed by atoms with van der Waals surface area (Å²) >= 11 is 3.27. The number of benzene rings is 1. The molecule has 0 amide bonds. The van der Waals surface area contributed by atoms with Crippen molar-refractivity contribution in [2.75, 3.05) is 13.1 Å². The van der Waals surface area contributed by atoms with Gasteiger partial charge in [0.2, 0.25) is 0 Å². The first-order valence-electron chi connectivity index (χ1n) is 8.43. The summed E-state index contributed by atoms with van der Waals surface area (Å²) in [5.74, 6) is 2.12. The van der Waals surface area contributed by atoms with Crippen LogP contribution in [-0.4, -0.2) is 33.8 Å². The number of nitrogens with one attached hydrogen (secondary N) is 2. The lowest BCUT2D eigenvalue weighted by Gasteiger charge is -2.11. The average molecular weight is 423 g/mol. The Morgan fingerprint density at radius 1 is 1.38 bits per heavy atom. The monoisotopic (exact) mass is 422 g/mol. The molecule has 140 valence electrons. The molecule has 0 saturated carbocycles. The minimum absolute atomic E-state index is 0.185. The molecule has 6 nitrogen and oxygen atoms in total. The van der Waals surface area contributed by atoms with Gasteiger partial charge in [0.25, 0.3) is 0 Å². The van der Waals surface area contributed by atoms with Crippen LogP contribution in [0.25, 0.3) is 0 Å². The Kier molecular flexibility index (Phi) is 7.77. The summed E-state index contributed by atoms with van der Waals surface area (Å²) in [4.78, 5) is 4.52. The molecular weight excluding hydrogens is 399 g/mol. The van der Waals surface area contributed by atoms with Crippen molar-refractivity contribution in [2.45, 2.75) is 26.3 Å². The molecule has 26 heavy (non-hydrogen) atoms. The van der Waals surface area contributed by atoms with Crippen molar-refractivity contribution in [1.82, 2.24) is 25.4 Å². The second-order valence-electron chi connectivity index (χ2n) is 5.82. The number of halogens is 2. The van der Waals surface area contributed by atoms with E-state index in [4.69, 9.17) is 0 Å². The highest BCUT2D eigenvalue weighted by molar-refractivity contribution is 9.10. The number of hydrogen-bond donors (Lipinski definition) is 2. The maximum atomic E-state index is 13.8. The molecule has 2 N–H and O–H groups in total. The van der Waals surface area contributed by atoms with Crippen molar-refractivity contribution in [3.05, 3.63) is 58.4 Å². The van der Waals surface area contributed by atoms with E-state index in [1.807, 2.05) is 24.6 Å². The van der Waals surface area contributed by atoms with E-state index in [9.17, 15) is 4.39 Å². The minimum atomic E-state index is -0.185. The molecule has 0 aliphatic carbocycles. The number of rotatable bonds is 8. The van der Waals surface area contributed by atoms with Crippen molar-refractivity contribution >= 4 is 21.9 Å². The molecule has 0 aliphatic heterocycles. The lowest BCUT2D eigenvalue weighted by atomic mass is 10.1. The van der Waals surface area contributed by atoms with Crippen LogP contribution in [0.3, 0.4) is 0 Å². The minimum Gasteiger partial charge on any atom is -0.356 e. The number of hydrogen-bond acceptors (Lipinski definition) is 3. The molecule has 0 aliphatic rings. The van der Waals surface area contributed by atoms with Crippen molar-refractivity contribution in [3.8, 4) is 0 Å². The van der Waals surface area contributed by atoms with Gasteiger partial charge in [-0.1, -0.05) is 28.1 Å². The zero-order valence-corrected chi connectivity index (χ0v) is 16.7. The molecule has 1 aromatic carbocycles. The molecule has 2 rings (SSSR count). The summed E-state index contributed by atoms with van der Waals surface area (Å²) in [6.07, 6.45) is 3.21. The molecule has 0 radical (unpaired) electrons. The topological polar surface area (TPSA) is 67.1 Å². The first kappa shape index (κ1) is 20.1. The van der Waals surface area contributed by atoms with Crippen LogP contribution in [0.1, 0.15) is 23.6 Å². The highest BCUT2D eigenvalue weighted by Gasteiger charge is 2.06. The third-order valence-corrected chi connectivity index (χ3v) is 4.40. The van der Waals surface area contributed by atoms with Crippen LogP contribution in [0.5, 0.6) is 0 Å². The van der Waals surface area contributed by atoms with Gasteiger partial charge in [-0.2, -0.15) is 0 Å². The first-order valence-corrected chi connectivity index (χ1v) is 9.22. The van der Waals surface area contributed by atoms with Crippen molar-refractivity contribution in [3.63, 3.8) is 0 Å². The fourth-order valence-electron chi connectivity index (χ4n) is 2.29. The van der Waals surface area contributed by atoms with Gasteiger partial charge in [-0.05, 0) is 37.5 Å². The quantitative estimate of drug-likeness (QED) is 0.297. The van der Waals surface area contributed by atoms with E-state index >= 15 is 0 Å². The summed E-state index contributed by atoms with van der Waals surface area (Å²) in [5.41, 5.74) is 0.710. The molecule has 8 heteroatoms. The van der Waals surface area contributed by atoms with E-state index in [-0.39, 0.29) is 5.82 Å². The van der Waals surface area contributed by atoms with Crippen LogP contribution >= 0.6 is 15.9 Å². The Morgan fingerprint density at radius 2 is 2.19 bits per heavy atom. The van der Waals surface area contributed by atoms with Gasteiger partial charge >= 0.3 is 0 Å². The molecule has 2 aromatic rings. The average Bonchev–Trinajstić information content (AvgIpc) is 2.93. The summed E-state index contributed by atoms with van der Waals surface area (Å²) in [7, 11) is 1.91. The Bertz CT molecular complexity index is 771. The summed E-state index contributed by atoms with van der Waals surface area (Å²) in [5, 5.41) is 14.6. The van der Waals surface area contributed by atoms with E-state index in [1.54, 1.807) is 12.1 Å². The predicted molar refractivity (Wildman–Crippen MR) is 106 cm³/mol. The van der Waals surface area contributed by atoms with E-state index in [1.165, 1.54) is 6.07 Å². The van der Waals surface area contributed by atoms with Crippen LogP contribution < -0.4 is 10.6 Å². The third kappa shape index (κ3) is 5.94. The normalized spacial score (nSPS) is 11.5. The van der Waals surface area contributed by atoms with Gasteiger partial charge in [-0.25, -0.2) is 9.38 Å². The lowest BCUT2D eigenvalue weighted by molar-refractivity contribution is 0.602. The lowest BCUT2D eigenvalue weighted by Crippen LogP contribution is -2.38. The van der Waals surface area contributed by atoms with Gasteiger partial charge in [-0.15, -0.1) is 16.8 Å². The van der Waals surface area contributed by atoms with Crippen LogP contribution in [0, 0.1) is 12.7 Å². The van der Waals surface area contributed by atoms with Gasteiger partial charge in [0.05, 0.1) is 0 Å². The zero-order chi connectivity index (χ0) is 18.9. The number of aliphatic imine (C=N–C) groups is 1. The smallest absolute Gasteiger partial charge is 0.191 e. The highest BCUT2D eigenvalue weighted by Crippen LogP contribution is 2.16. The molecule has 0 unspecified atom stereocenters. The Morgan fingerprint density at radius 3 is 2.85 bits per heavy atom. The fraction of sp³-hybridized carbons (Fsp3) is 0.389. The standard InChI is InChI=1S/C18H24BrFN6/c1-4-9-21-18(23-12-17-25-24-13(2)26(17)3)22-10-5-6-14-7-8-15(19)11-16(14)20/h4,7-8,11H,1,5-6,9-10,12H2,2-3H3,(H2,21,22,23). The molecule has 1 heterocycles. The second-order valence-corrected chi connectivity index (χ2v) is 6.74. The number of guanidine groups is 1. The van der Waals surface area contributed by atoms with Gasteiger partial charge in [-0.3, -0.25) is 0 Å². The van der Waals surface area contributed by atoms with Crippen molar-refractivity contribution in [2.24, 2.45) is 12.0 Å². The Balaban J connectivity index is 1.87. The number of nitrogens with zero attached hydrogens (tertiary/aromatic N) is 4. The second kappa shape index (κ2) is 10.1. The third-order valence-electron chi connectivity index (χ3n) is 3.91. The van der Waals surface area contributed by atoms with Crippen LogP contribution in [0.2, 0.25) is 0 Å². The molecule has 1 aromatic heterocycles. The zero-order valence-electron chi connectivity index (χ0n) is 15.1. The van der Waals surface area contributed by atoms with Crippen molar-refractivity contribution < 1.29 is 4.39 Å². The first-order chi connectivity index (χ1) is 12.5. The van der Waals surface area contributed by atoms with E-state index in [2.05, 4.69) is 48.3 Å². The molecule has 0 bridgehead atoms. The van der Waals surface area contributed by atoms with Crippen molar-refractivity contribution in [1.29, 1.82) is 0 Å². The maximum Gasteiger partial charge on any atom is 0.191 e. The summed E-state index contributed by atoms with van der Waals surface area (Å²) in [6, 6.07) is 5.15. The van der Waals surface area contributed by atoms with Crippen LogP contribution in [0.4, 0.5) is 4.39 Å². The van der Waals surface area contributed by atoms with Gasteiger partial charge in [0.1, 0.15) is 18.2 Å². The number of aromatic nitrogens is 3. The van der Waals surface area contributed by atoms with Gasteiger partial charge in [0.15, 0.2) is 11.8 Å². The number of aryl methyl sites for hydroxylation is 2. The van der Waals surface area contributed by atoms with Crippen LogP contribution in [-0.2, 0) is 20.0 Å². The molecule has 0 saturated heterocycles. The SMILES string of the molecule is C=CCNC(=NCc1nnc(C)n1C)NCCCc1ccc(Br)cc1F. The largest absolute Gasteiger partial charge is 0.356 e. The van der Waals surface area contributed by atoms with E-state index in [0.717, 1.165) is 22.5 Å². The Labute approximate surface area is 161 Å². The summed E-state index contributed by atoms with van der Waals surface area (Å²) < 4.78 is 16.5. The highest BCUT2D eigenvalue weighted by atomic mass is 79.9.